The molecule has 0 atom stereocenters. The van der Waals surface area contributed by atoms with Crippen molar-refractivity contribution in [3.8, 4) is 5.75 Å². The van der Waals surface area contributed by atoms with Crippen molar-refractivity contribution in [1.82, 2.24) is 0 Å². The van der Waals surface area contributed by atoms with E-state index in [2.05, 4.69) is 15.9 Å². The molecule has 0 aliphatic rings. The molecule has 2 aromatic rings. The minimum Gasteiger partial charge on any atom is -0.487 e. The Bertz CT molecular complexity index is 641. The third-order valence-corrected chi connectivity index (χ3v) is 3.04. The van der Waals surface area contributed by atoms with E-state index in [1.54, 1.807) is 6.07 Å². The average Bonchev–Trinajstić information content (AvgIpc) is 2.36. The van der Waals surface area contributed by atoms with Gasteiger partial charge in [0.25, 0.3) is 0 Å². The normalized spacial score (nSPS) is 10.3. The molecule has 0 aromatic heterocycles. The van der Waals surface area contributed by atoms with Crippen LogP contribution in [0.3, 0.4) is 0 Å². The topological polar surface area (TPSA) is 72.6 Å². The van der Waals surface area contributed by atoms with E-state index in [0.717, 1.165) is 0 Å². The van der Waals surface area contributed by atoms with Crippen LogP contribution in [0.25, 0.3) is 0 Å². The maximum absolute atomic E-state index is 13.2. The molecule has 4 nitrogen and oxygen atoms in total. The van der Waals surface area contributed by atoms with Crippen LogP contribution in [0.5, 0.6) is 5.75 Å². The summed E-state index contributed by atoms with van der Waals surface area (Å²) in [4.78, 5) is 10.9. The molecule has 2 aromatic carbocycles. The van der Waals surface area contributed by atoms with E-state index in [0.29, 0.717) is 15.7 Å². The predicted molar refractivity (Wildman–Crippen MR) is 76.2 cm³/mol. The van der Waals surface area contributed by atoms with Crippen molar-refractivity contribution in [3.05, 3.63) is 57.8 Å². The maximum atomic E-state index is 13.2. The lowest BCUT2D eigenvalue weighted by molar-refractivity contribution is 0.0696. The van der Waals surface area contributed by atoms with Crippen molar-refractivity contribution < 1.29 is 19.0 Å². The number of nitrogen functional groups attached to an aromatic ring is 1. The largest absolute Gasteiger partial charge is 0.487 e. The fourth-order valence-corrected chi connectivity index (χ4v) is 2.16. The minimum atomic E-state index is -1.07. The molecular weight excluding hydrogens is 329 g/mol. The lowest BCUT2D eigenvalue weighted by atomic mass is 10.2. The van der Waals surface area contributed by atoms with E-state index < -0.39 is 5.97 Å². The second kappa shape index (κ2) is 5.92. The summed E-state index contributed by atoms with van der Waals surface area (Å²) < 4.78 is 19.3. The van der Waals surface area contributed by atoms with Crippen LogP contribution >= 0.6 is 15.9 Å². The van der Waals surface area contributed by atoms with Crippen LogP contribution < -0.4 is 10.5 Å². The zero-order valence-electron chi connectivity index (χ0n) is 10.3. The lowest BCUT2D eigenvalue weighted by Gasteiger charge is -2.10. The van der Waals surface area contributed by atoms with Crippen molar-refractivity contribution in [3.63, 3.8) is 0 Å². The van der Waals surface area contributed by atoms with E-state index >= 15 is 0 Å². The first-order chi connectivity index (χ1) is 9.45. The number of carboxylic acids is 1. The second-order valence-corrected chi connectivity index (χ2v) is 5.04. The first-order valence-electron chi connectivity index (χ1n) is 5.66. The van der Waals surface area contributed by atoms with Crippen LogP contribution in [0, 0.1) is 5.82 Å². The summed E-state index contributed by atoms with van der Waals surface area (Å²) in [6.45, 7) is 0.0869. The number of nitrogens with two attached hydrogens (primary N) is 1. The molecule has 104 valence electrons. The van der Waals surface area contributed by atoms with E-state index in [1.165, 1.54) is 30.3 Å². The Morgan fingerprint density at radius 2 is 2.05 bits per heavy atom. The van der Waals surface area contributed by atoms with Gasteiger partial charge >= 0.3 is 5.97 Å². The van der Waals surface area contributed by atoms with Crippen LogP contribution in [0.2, 0.25) is 0 Å². The Morgan fingerprint density at radius 3 is 2.70 bits per heavy atom. The predicted octanol–water partition coefficient (Wildman–Crippen LogP) is 3.45. The zero-order valence-corrected chi connectivity index (χ0v) is 11.9. The fourth-order valence-electron chi connectivity index (χ4n) is 1.65. The maximum Gasteiger partial charge on any atom is 0.335 e. The minimum absolute atomic E-state index is 0.0784. The van der Waals surface area contributed by atoms with Crippen molar-refractivity contribution in [2.75, 3.05) is 5.73 Å². The molecule has 20 heavy (non-hydrogen) atoms. The highest BCUT2D eigenvalue weighted by Crippen LogP contribution is 2.24. The molecule has 6 heteroatoms. The Hall–Kier alpha value is -2.08. The fraction of sp³-hybridized carbons (Fsp3) is 0.0714. The van der Waals surface area contributed by atoms with Crippen LogP contribution in [0.15, 0.2) is 40.9 Å². The molecule has 0 heterocycles. The van der Waals surface area contributed by atoms with Crippen LogP contribution in [-0.4, -0.2) is 11.1 Å². The van der Waals surface area contributed by atoms with Gasteiger partial charge in [0.2, 0.25) is 0 Å². The Morgan fingerprint density at radius 1 is 1.30 bits per heavy atom. The van der Waals surface area contributed by atoms with Gasteiger partial charge in [0, 0.05) is 4.47 Å². The zero-order chi connectivity index (χ0) is 14.7. The number of aromatic carboxylic acids is 1. The molecular formula is C14H11BrFNO3. The number of carbonyl (C=O) groups is 1. The van der Waals surface area contributed by atoms with Crippen LogP contribution in [0.4, 0.5) is 10.1 Å². The van der Waals surface area contributed by atoms with E-state index in [4.69, 9.17) is 15.6 Å². The van der Waals surface area contributed by atoms with E-state index in [-0.39, 0.29) is 23.7 Å². The molecule has 0 fully saturated rings. The van der Waals surface area contributed by atoms with Crippen molar-refractivity contribution >= 4 is 27.6 Å². The SMILES string of the molecule is Nc1ccc(C(=O)O)cc1OCc1cc(F)cc(Br)c1. The monoisotopic (exact) mass is 339 g/mol. The van der Waals surface area contributed by atoms with Gasteiger partial charge in [-0.25, -0.2) is 9.18 Å². The Kier molecular flexibility index (Phi) is 4.24. The number of ether oxygens (including phenoxy) is 1. The molecule has 0 saturated heterocycles. The molecule has 0 spiro atoms. The third-order valence-electron chi connectivity index (χ3n) is 2.58. The van der Waals surface area contributed by atoms with Crippen LogP contribution in [-0.2, 0) is 6.61 Å². The number of halogens is 2. The van der Waals surface area contributed by atoms with Gasteiger partial charge in [-0.3, -0.25) is 0 Å². The summed E-state index contributed by atoms with van der Waals surface area (Å²) in [6, 6.07) is 8.57. The van der Waals surface area contributed by atoms with E-state index in [1.807, 2.05) is 0 Å². The van der Waals surface area contributed by atoms with Crippen molar-refractivity contribution in [2.45, 2.75) is 6.61 Å². The quantitative estimate of drug-likeness (QED) is 0.837. The van der Waals surface area contributed by atoms with Gasteiger partial charge in [0.05, 0.1) is 11.3 Å². The number of benzene rings is 2. The molecule has 0 amide bonds. The molecule has 0 unspecified atom stereocenters. The molecule has 3 N–H and O–H groups in total. The number of hydrogen-bond donors (Lipinski definition) is 2. The number of carboxylic acid groups (broad SMARTS) is 1. The standard InChI is InChI=1S/C14H11BrFNO3/c15-10-3-8(4-11(16)6-10)7-20-13-5-9(14(18)19)1-2-12(13)17/h1-6H,7,17H2,(H,18,19). The van der Waals surface area contributed by atoms with Gasteiger partial charge in [-0.05, 0) is 42.0 Å². The Labute approximate surface area is 123 Å². The van der Waals surface area contributed by atoms with Gasteiger partial charge in [0.1, 0.15) is 18.2 Å². The van der Waals surface area contributed by atoms with Gasteiger partial charge < -0.3 is 15.6 Å². The lowest BCUT2D eigenvalue weighted by Crippen LogP contribution is -2.02. The number of anilines is 1. The molecule has 0 bridgehead atoms. The smallest absolute Gasteiger partial charge is 0.335 e. The highest BCUT2D eigenvalue weighted by molar-refractivity contribution is 9.10. The van der Waals surface area contributed by atoms with Gasteiger partial charge in [-0.1, -0.05) is 15.9 Å². The molecule has 0 aliphatic heterocycles. The summed E-state index contributed by atoms with van der Waals surface area (Å²) in [6.07, 6.45) is 0. The van der Waals surface area contributed by atoms with E-state index in [9.17, 15) is 9.18 Å². The third kappa shape index (κ3) is 3.48. The first-order valence-corrected chi connectivity index (χ1v) is 6.45. The summed E-state index contributed by atoms with van der Waals surface area (Å²) in [7, 11) is 0. The molecule has 0 radical (unpaired) electrons. The highest BCUT2D eigenvalue weighted by atomic mass is 79.9. The van der Waals surface area contributed by atoms with Crippen molar-refractivity contribution in [2.24, 2.45) is 0 Å². The highest BCUT2D eigenvalue weighted by Gasteiger charge is 2.08. The average molecular weight is 340 g/mol. The summed E-state index contributed by atoms with van der Waals surface area (Å²) in [5.41, 5.74) is 6.72. The second-order valence-electron chi connectivity index (χ2n) is 4.12. The summed E-state index contributed by atoms with van der Waals surface area (Å²) >= 11 is 3.19. The van der Waals surface area contributed by atoms with Crippen LogP contribution in [0.1, 0.15) is 15.9 Å². The van der Waals surface area contributed by atoms with Gasteiger partial charge in [0.15, 0.2) is 0 Å². The number of rotatable bonds is 4. The summed E-state index contributed by atoms with van der Waals surface area (Å²) in [5, 5.41) is 8.91. The van der Waals surface area contributed by atoms with Crippen molar-refractivity contribution in [1.29, 1.82) is 0 Å². The van der Waals surface area contributed by atoms with Gasteiger partial charge in [-0.15, -0.1) is 0 Å². The van der Waals surface area contributed by atoms with Gasteiger partial charge in [-0.2, -0.15) is 0 Å². The Balaban J connectivity index is 2.18. The summed E-state index contributed by atoms with van der Waals surface area (Å²) in [5.74, 6) is -1.20. The number of hydrogen-bond acceptors (Lipinski definition) is 3. The molecule has 0 aliphatic carbocycles. The molecule has 2 rings (SSSR count). The molecule has 0 saturated carbocycles. The first kappa shape index (κ1) is 14.3.